The lowest BCUT2D eigenvalue weighted by molar-refractivity contribution is 0.288. The molecule has 4 heteroatoms. The maximum atomic E-state index is 14.1. The molecule has 0 unspecified atom stereocenters. The molecule has 1 heterocycles. The number of aromatic nitrogens is 1. The summed E-state index contributed by atoms with van der Waals surface area (Å²) in [5.74, 6) is -1.09. The Bertz CT molecular complexity index is 739. The van der Waals surface area contributed by atoms with Gasteiger partial charge in [0.25, 0.3) is 0 Å². The van der Waals surface area contributed by atoms with Crippen LogP contribution in [-0.2, 0) is 13.0 Å². The number of nitrogens with one attached hydrogen (secondary N) is 1. The molecule has 0 spiro atoms. The van der Waals surface area contributed by atoms with Crippen molar-refractivity contribution >= 4 is 0 Å². The predicted molar refractivity (Wildman–Crippen MR) is 80.7 cm³/mol. The van der Waals surface area contributed by atoms with Crippen LogP contribution in [0.1, 0.15) is 16.7 Å². The Hall–Kier alpha value is -2.62. The maximum Gasteiger partial charge on any atom is 0.165 e. The third-order valence-electron chi connectivity index (χ3n) is 3.40. The predicted octanol–water partition coefficient (Wildman–Crippen LogP) is 4.46. The zero-order valence-electron chi connectivity index (χ0n) is 11.9. The molecule has 22 heavy (non-hydrogen) atoms. The smallest absolute Gasteiger partial charge is 0.165 e. The Balaban J connectivity index is 1.74. The molecule has 112 valence electrons. The highest BCUT2D eigenvalue weighted by Gasteiger charge is 2.12. The third kappa shape index (κ3) is 3.34. The van der Waals surface area contributed by atoms with E-state index in [0.29, 0.717) is 12.0 Å². The van der Waals surface area contributed by atoms with E-state index in [-0.39, 0.29) is 12.4 Å². The zero-order valence-corrected chi connectivity index (χ0v) is 11.9. The second kappa shape index (κ2) is 6.43. The van der Waals surface area contributed by atoms with Gasteiger partial charge < -0.3 is 9.72 Å². The topological polar surface area (TPSA) is 25.0 Å². The van der Waals surface area contributed by atoms with E-state index < -0.39 is 11.6 Å². The summed E-state index contributed by atoms with van der Waals surface area (Å²) in [7, 11) is 0. The highest BCUT2D eigenvalue weighted by atomic mass is 19.1. The molecule has 1 aromatic heterocycles. The van der Waals surface area contributed by atoms with E-state index in [1.165, 1.54) is 6.07 Å². The van der Waals surface area contributed by atoms with Crippen molar-refractivity contribution in [2.45, 2.75) is 13.0 Å². The van der Waals surface area contributed by atoms with Crippen molar-refractivity contribution in [3.05, 3.63) is 89.2 Å². The van der Waals surface area contributed by atoms with E-state index in [9.17, 15) is 8.78 Å². The number of H-pyrrole nitrogens is 1. The van der Waals surface area contributed by atoms with Crippen LogP contribution in [0.2, 0.25) is 0 Å². The van der Waals surface area contributed by atoms with E-state index in [0.717, 1.165) is 17.2 Å². The lowest BCUT2D eigenvalue weighted by Crippen LogP contribution is -2.00. The minimum Gasteiger partial charge on any atom is -0.486 e. The van der Waals surface area contributed by atoms with E-state index in [1.54, 1.807) is 12.4 Å². The van der Waals surface area contributed by atoms with Crippen LogP contribution in [0.4, 0.5) is 8.78 Å². The number of rotatable bonds is 5. The molecule has 0 atom stereocenters. The van der Waals surface area contributed by atoms with Crippen molar-refractivity contribution in [1.29, 1.82) is 0 Å². The molecule has 2 nitrogen and oxygen atoms in total. The molecule has 3 aromatic rings. The first-order valence-electron chi connectivity index (χ1n) is 6.98. The van der Waals surface area contributed by atoms with Gasteiger partial charge in [0.15, 0.2) is 11.6 Å². The second-order valence-corrected chi connectivity index (χ2v) is 5.04. The molecule has 3 rings (SSSR count). The number of benzene rings is 2. The Labute approximate surface area is 127 Å². The van der Waals surface area contributed by atoms with Gasteiger partial charge in [-0.3, -0.25) is 0 Å². The van der Waals surface area contributed by atoms with Crippen LogP contribution in [-0.4, -0.2) is 4.98 Å². The average Bonchev–Trinajstić information content (AvgIpc) is 3.03. The SMILES string of the molecule is Fc1cc(OCc2ccccc2)c(F)cc1Cc1cc[nH]c1. The van der Waals surface area contributed by atoms with Crippen molar-refractivity contribution < 1.29 is 13.5 Å². The summed E-state index contributed by atoms with van der Waals surface area (Å²) in [6.07, 6.45) is 3.85. The summed E-state index contributed by atoms with van der Waals surface area (Å²) >= 11 is 0. The molecule has 0 bridgehead atoms. The van der Waals surface area contributed by atoms with E-state index >= 15 is 0 Å². The van der Waals surface area contributed by atoms with Crippen LogP contribution >= 0.6 is 0 Å². The standard InChI is InChI=1S/C18H15F2NO/c19-16-10-18(22-12-13-4-2-1-3-5-13)17(20)9-15(16)8-14-6-7-21-11-14/h1-7,9-11,21H,8,12H2. The fourth-order valence-electron chi connectivity index (χ4n) is 2.24. The van der Waals surface area contributed by atoms with Crippen LogP contribution < -0.4 is 4.74 Å². The Morgan fingerprint density at radius 2 is 1.73 bits per heavy atom. The van der Waals surface area contributed by atoms with Crippen LogP contribution in [0.5, 0.6) is 5.75 Å². The van der Waals surface area contributed by atoms with Gasteiger partial charge in [-0.05, 0) is 28.8 Å². The molecule has 0 saturated heterocycles. The molecule has 0 saturated carbocycles. The first-order valence-corrected chi connectivity index (χ1v) is 6.98. The van der Waals surface area contributed by atoms with Crippen molar-refractivity contribution in [3.8, 4) is 5.75 Å². The van der Waals surface area contributed by atoms with Gasteiger partial charge in [0.2, 0.25) is 0 Å². The monoisotopic (exact) mass is 299 g/mol. The quantitative estimate of drug-likeness (QED) is 0.739. The molecular formula is C18H15F2NO. The van der Waals surface area contributed by atoms with Crippen molar-refractivity contribution in [3.63, 3.8) is 0 Å². The fraction of sp³-hybridized carbons (Fsp3) is 0.111. The summed E-state index contributed by atoms with van der Waals surface area (Å²) in [5.41, 5.74) is 2.11. The largest absolute Gasteiger partial charge is 0.486 e. The number of ether oxygens (including phenoxy) is 1. The zero-order chi connectivity index (χ0) is 15.4. The van der Waals surface area contributed by atoms with Gasteiger partial charge in [-0.2, -0.15) is 0 Å². The lowest BCUT2D eigenvalue weighted by atomic mass is 10.1. The minimum absolute atomic E-state index is 0.0702. The molecule has 0 aliphatic carbocycles. The molecule has 2 aromatic carbocycles. The number of aromatic amines is 1. The molecule has 0 radical (unpaired) electrons. The molecule has 0 aliphatic rings. The summed E-state index contributed by atoms with van der Waals surface area (Å²) in [4.78, 5) is 2.89. The maximum absolute atomic E-state index is 14.1. The van der Waals surface area contributed by atoms with Gasteiger partial charge in [-0.1, -0.05) is 30.3 Å². The van der Waals surface area contributed by atoms with Gasteiger partial charge in [-0.15, -0.1) is 0 Å². The average molecular weight is 299 g/mol. The normalized spacial score (nSPS) is 10.6. The van der Waals surface area contributed by atoms with Gasteiger partial charge >= 0.3 is 0 Å². The summed E-state index contributed by atoms with van der Waals surface area (Å²) in [6.45, 7) is 0.203. The van der Waals surface area contributed by atoms with Gasteiger partial charge in [0.1, 0.15) is 12.4 Å². The first-order chi connectivity index (χ1) is 10.7. The van der Waals surface area contributed by atoms with Gasteiger partial charge in [0, 0.05) is 24.9 Å². The fourth-order valence-corrected chi connectivity index (χ4v) is 2.24. The summed E-state index contributed by atoms with van der Waals surface area (Å²) < 4.78 is 33.5. The Morgan fingerprint density at radius 3 is 2.45 bits per heavy atom. The van der Waals surface area contributed by atoms with Crippen LogP contribution in [0.25, 0.3) is 0 Å². The summed E-state index contributed by atoms with van der Waals surface area (Å²) in [5, 5.41) is 0. The Kier molecular flexibility index (Phi) is 4.19. The van der Waals surface area contributed by atoms with E-state index in [1.807, 2.05) is 36.4 Å². The molecule has 0 amide bonds. The molecule has 1 N–H and O–H groups in total. The van der Waals surface area contributed by atoms with Gasteiger partial charge in [-0.25, -0.2) is 8.78 Å². The number of hydrogen-bond donors (Lipinski definition) is 1. The molecule has 0 fully saturated rings. The third-order valence-corrected chi connectivity index (χ3v) is 3.40. The minimum atomic E-state index is -0.553. The van der Waals surface area contributed by atoms with Crippen LogP contribution in [0.3, 0.4) is 0 Å². The number of hydrogen-bond acceptors (Lipinski definition) is 1. The lowest BCUT2D eigenvalue weighted by Gasteiger charge is -2.10. The van der Waals surface area contributed by atoms with Crippen molar-refractivity contribution in [2.24, 2.45) is 0 Å². The molecule has 0 aliphatic heterocycles. The molecular weight excluding hydrogens is 284 g/mol. The Morgan fingerprint density at radius 1 is 0.909 bits per heavy atom. The van der Waals surface area contributed by atoms with Crippen LogP contribution in [0, 0.1) is 11.6 Å². The highest BCUT2D eigenvalue weighted by Crippen LogP contribution is 2.24. The van der Waals surface area contributed by atoms with Crippen LogP contribution in [0.15, 0.2) is 60.9 Å². The van der Waals surface area contributed by atoms with Crippen molar-refractivity contribution in [2.75, 3.05) is 0 Å². The number of halogens is 2. The van der Waals surface area contributed by atoms with E-state index in [2.05, 4.69) is 4.98 Å². The summed E-state index contributed by atoms with van der Waals surface area (Å²) in [6, 6.07) is 13.5. The highest BCUT2D eigenvalue weighted by molar-refractivity contribution is 5.34. The second-order valence-electron chi connectivity index (χ2n) is 5.04. The van der Waals surface area contributed by atoms with Gasteiger partial charge in [0.05, 0.1) is 0 Å². The first kappa shape index (κ1) is 14.3. The van der Waals surface area contributed by atoms with Crippen molar-refractivity contribution in [1.82, 2.24) is 4.98 Å². The van der Waals surface area contributed by atoms with E-state index in [4.69, 9.17) is 4.74 Å².